The second-order valence-corrected chi connectivity index (χ2v) is 9.28. The predicted octanol–water partition coefficient (Wildman–Crippen LogP) is 5.68. The number of carbonyl (C=O) groups excluding carboxylic acids is 2. The first kappa shape index (κ1) is 31.5. The molecule has 1 aromatic heterocycles. The molecule has 0 aliphatic carbocycles. The van der Waals surface area contributed by atoms with Gasteiger partial charge in [0.25, 0.3) is 0 Å². The molecule has 222 valence electrons. The standard InChI is InChI=1S/C28H29F6N3O4/c1-4-40-17(2)19-6-11-24(36-15-19)22-14-26(28(32,33)34,37-25(39)23(22)16-35-18(3)38)20-7-9-21(10-8-20)41-13-5-12-27(29,30)31/h6-11,15H,2,4-5,12-14,16H2,1,3H3,(H,35,38)(H,37,39)/t26-/m0/s1. The monoisotopic (exact) mass is 585 g/mol. The number of hydrogen-bond donors (Lipinski definition) is 2. The highest BCUT2D eigenvalue weighted by molar-refractivity contribution is 6.04. The Morgan fingerprint density at radius 2 is 1.80 bits per heavy atom. The molecule has 41 heavy (non-hydrogen) atoms. The molecule has 3 rings (SSSR count). The third-order valence-electron chi connectivity index (χ3n) is 6.34. The maximum atomic E-state index is 14.8. The summed E-state index contributed by atoms with van der Waals surface area (Å²) < 4.78 is 92.1. The van der Waals surface area contributed by atoms with Gasteiger partial charge in [-0.1, -0.05) is 18.7 Å². The fourth-order valence-electron chi connectivity index (χ4n) is 4.27. The molecule has 0 saturated carbocycles. The Balaban J connectivity index is 1.99. The van der Waals surface area contributed by atoms with Crippen molar-refractivity contribution in [2.24, 2.45) is 0 Å². The smallest absolute Gasteiger partial charge is 0.416 e. The van der Waals surface area contributed by atoms with Crippen LogP contribution in [0.5, 0.6) is 5.75 Å². The average molecular weight is 586 g/mol. The normalized spacial score (nSPS) is 17.6. The maximum absolute atomic E-state index is 14.8. The van der Waals surface area contributed by atoms with Gasteiger partial charge in [-0.15, -0.1) is 0 Å². The zero-order chi connectivity index (χ0) is 30.4. The van der Waals surface area contributed by atoms with Crippen LogP contribution in [-0.2, 0) is 19.9 Å². The molecular formula is C28H29F6N3O4. The van der Waals surface area contributed by atoms with Crippen LogP contribution in [0.1, 0.15) is 49.9 Å². The third-order valence-corrected chi connectivity index (χ3v) is 6.34. The predicted molar refractivity (Wildman–Crippen MR) is 138 cm³/mol. The maximum Gasteiger partial charge on any atom is 0.416 e. The lowest BCUT2D eigenvalue weighted by Crippen LogP contribution is -2.59. The largest absolute Gasteiger partial charge is 0.494 e. The molecule has 0 fully saturated rings. The molecule has 1 aromatic carbocycles. The van der Waals surface area contributed by atoms with Crippen molar-refractivity contribution in [3.63, 3.8) is 0 Å². The highest BCUT2D eigenvalue weighted by Gasteiger charge is 2.59. The van der Waals surface area contributed by atoms with E-state index in [2.05, 4.69) is 22.2 Å². The Labute approximate surface area is 232 Å². The minimum Gasteiger partial charge on any atom is -0.494 e. The van der Waals surface area contributed by atoms with Crippen molar-refractivity contribution in [3.05, 3.63) is 71.6 Å². The fraction of sp³-hybridized carbons (Fsp3) is 0.393. The number of pyridine rings is 1. The van der Waals surface area contributed by atoms with Crippen LogP contribution in [0.2, 0.25) is 0 Å². The molecule has 0 radical (unpaired) electrons. The Kier molecular flexibility index (Phi) is 9.72. The number of benzene rings is 1. The van der Waals surface area contributed by atoms with E-state index in [1.165, 1.54) is 31.3 Å². The van der Waals surface area contributed by atoms with E-state index in [1.807, 2.05) is 0 Å². The number of amides is 2. The van der Waals surface area contributed by atoms with Crippen LogP contribution in [0.15, 0.2) is 54.7 Å². The van der Waals surface area contributed by atoms with Gasteiger partial charge < -0.3 is 20.1 Å². The van der Waals surface area contributed by atoms with Gasteiger partial charge in [0.1, 0.15) is 11.5 Å². The first-order chi connectivity index (χ1) is 19.2. The summed E-state index contributed by atoms with van der Waals surface area (Å²) in [6, 6.07) is 7.60. The van der Waals surface area contributed by atoms with Gasteiger partial charge in [0.05, 0.1) is 18.9 Å². The van der Waals surface area contributed by atoms with E-state index >= 15 is 0 Å². The highest BCUT2D eigenvalue weighted by atomic mass is 19.4. The van der Waals surface area contributed by atoms with Crippen LogP contribution in [0.25, 0.3) is 11.3 Å². The number of carbonyl (C=O) groups is 2. The molecule has 0 bridgehead atoms. The Hall–Kier alpha value is -4.03. The number of halogens is 6. The van der Waals surface area contributed by atoms with Crippen molar-refractivity contribution in [2.75, 3.05) is 19.8 Å². The average Bonchev–Trinajstić information content (AvgIpc) is 2.89. The summed E-state index contributed by atoms with van der Waals surface area (Å²) in [5.74, 6) is -1.15. The lowest BCUT2D eigenvalue weighted by Gasteiger charge is -2.41. The molecule has 2 aromatic rings. The Morgan fingerprint density at radius 3 is 2.34 bits per heavy atom. The summed E-state index contributed by atoms with van der Waals surface area (Å²) in [5, 5.41) is 4.54. The van der Waals surface area contributed by atoms with Crippen LogP contribution in [0.4, 0.5) is 26.3 Å². The minimum atomic E-state index is -4.98. The van der Waals surface area contributed by atoms with Gasteiger partial charge in [-0.05, 0) is 48.7 Å². The molecule has 1 atom stereocenters. The molecule has 13 heteroatoms. The van der Waals surface area contributed by atoms with Gasteiger partial charge >= 0.3 is 12.4 Å². The molecule has 2 amide bonds. The van der Waals surface area contributed by atoms with E-state index in [9.17, 15) is 35.9 Å². The number of hydrogen-bond acceptors (Lipinski definition) is 5. The van der Waals surface area contributed by atoms with Gasteiger partial charge in [0.15, 0.2) is 5.54 Å². The van der Waals surface area contributed by atoms with E-state index in [4.69, 9.17) is 9.47 Å². The van der Waals surface area contributed by atoms with Crippen molar-refractivity contribution in [3.8, 4) is 5.75 Å². The molecule has 2 N–H and O–H groups in total. The molecule has 1 aliphatic heterocycles. The number of aromatic nitrogens is 1. The van der Waals surface area contributed by atoms with Crippen LogP contribution >= 0.6 is 0 Å². The van der Waals surface area contributed by atoms with Crippen molar-refractivity contribution < 1.29 is 45.4 Å². The third kappa shape index (κ3) is 7.80. The number of ether oxygens (including phenoxy) is 2. The van der Waals surface area contributed by atoms with Crippen LogP contribution in [0.3, 0.4) is 0 Å². The number of nitrogens with zero attached hydrogens (tertiary/aromatic N) is 1. The highest BCUT2D eigenvalue weighted by Crippen LogP contribution is 2.48. The molecule has 0 spiro atoms. The second-order valence-electron chi connectivity index (χ2n) is 9.28. The number of rotatable bonds is 11. The summed E-state index contributed by atoms with van der Waals surface area (Å²) >= 11 is 0. The van der Waals surface area contributed by atoms with E-state index in [1.54, 1.807) is 13.0 Å². The zero-order valence-corrected chi connectivity index (χ0v) is 22.3. The Bertz CT molecular complexity index is 1290. The number of alkyl halides is 6. The lowest BCUT2D eigenvalue weighted by atomic mass is 9.77. The van der Waals surface area contributed by atoms with Crippen LogP contribution in [-0.4, -0.2) is 48.9 Å². The van der Waals surface area contributed by atoms with Gasteiger partial charge in [-0.2, -0.15) is 26.3 Å². The molecule has 0 saturated heterocycles. The van der Waals surface area contributed by atoms with Crippen molar-refractivity contribution in [2.45, 2.75) is 51.0 Å². The van der Waals surface area contributed by atoms with Crippen molar-refractivity contribution in [1.82, 2.24) is 15.6 Å². The van der Waals surface area contributed by atoms with Gasteiger partial charge in [0.2, 0.25) is 11.8 Å². The Morgan fingerprint density at radius 1 is 1.12 bits per heavy atom. The topological polar surface area (TPSA) is 89.5 Å². The van der Waals surface area contributed by atoms with Crippen LogP contribution in [0, 0.1) is 0 Å². The lowest BCUT2D eigenvalue weighted by molar-refractivity contribution is -0.201. The zero-order valence-electron chi connectivity index (χ0n) is 22.3. The molecular weight excluding hydrogens is 556 g/mol. The van der Waals surface area contributed by atoms with Crippen molar-refractivity contribution in [1.29, 1.82) is 0 Å². The quantitative estimate of drug-likeness (QED) is 0.201. The van der Waals surface area contributed by atoms with Gasteiger partial charge in [0, 0.05) is 43.6 Å². The van der Waals surface area contributed by atoms with E-state index in [0.717, 1.165) is 12.1 Å². The first-order valence-corrected chi connectivity index (χ1v) is 12.6. The summed E-state index contributed by atoms with van der Waals surface area (Å²) in [4.78, 5) is 29.0. The summed E-state index contributed by atoms with van der Waals surface area (Å²) in [6.07, 6.45) is -10.1. The number of nitrogens with one attached hydrogen (secondary N) is 2. The van der Waals surface area contributed by atoms with E-state index < -0.39 is 42.5 Å². The van der Waals surface area contributed by atoms with Crippen LogP contribution < -0.4 is 15.4 Å². The molecule has 2 heterocycles. The summed E-state index contributed by atoms with van der Waals surface area (Å²) in [7, 11) is 0. The van der Waals surface area contributed by atoms with E-state index in [0.29, 0.717) is 17.9 Å². The SMILES string of the molecule is C=C(OCC)c1ccc(C2=C(CNC(C)=O)C(=O)N[C@@](c3ccc(OCCCC(F)(F)F)cc3)(C(F)(F)F)C2)nc1. The molecule has 0 unspecified atom stereocenters. The summed E-state index contributed by atoms with van der Waals surface area (Å²) in [5.41, 5.74) is -2.73. The first-order valence-electron chi connectivity index (χ1n) is 12.6. The molecule has 7 nitrogen and oxygen atoms in total. The summed E-state index contributed by atoms with van der Waals surface area (Å²) in [6.45, 7) is 6.48. The minimum absolute atomic E-state index is 0.0270. The van der Waals surface area contributed by atoms with Gasteiger partial charge in [-0.3, -0.25) is 14.6 Å². The van der Waals surface area contributed by atoms with E-state index in [-0.39, 0.29) is 47.7 Å². The fourth-order valence-corrected chi connectivity index (χ4v) is 4.27. The van der Waals surface area contributed by atoms with Crippen molar-refractivity contribution >= 4 is 23.1 Å². The van der Waals surface area contributed by atoms with Gasteiger partial charge in [-0.25, -0.2) is 0 Å². The second kappa shape index (κ2) is 12.6. The molecule has 1 aliphatic rings.